The maximum Gasteiger partial charge on any atom is 0.235 e. The van der Waals surface area contributed by atoms with Gasteiger partial charge in [-0.15, -0.1) is 0 Å². The van der Waals surface area contributed by atoms with Gasteiger partial charge in [0.05, 0.1) is 5.33 Å². The summed E-state index contributed by atoms with van der Waals surface area (Å²) in [5.74, 6) is -0.136. The Bertz CT molecular complexity index is 325. The summed E-state index contributed by atoms with van der Waals surface area (Å²) in [7, 11) is 0. The number of halogens is 1. The van der Waals surface area contributed by atoms with E-state index in [4.69, 9.17) is 0 Å². The lowest BCUT2D eigenvalue weighted by atomic mass is 10.2. The molecule has 0 aliphatic heterocycles. The number of rotatable bonds is 3. The van der Waals surface area contributed by atoms with Gasteiger partial charge in [-0.2, -0.15) is 0 Å². The Morgan fingerprint density at radius 1 is 1.54 bits per heavy atom. The van der Waals surface area contributed by atoms with Gasteiger partial charge in [-0.25, -0.2) is 0 Å². The summed E-state index contributed by atoms with van der Waals surface area (Å²) in [4.78, 5) is 21.3. The van der Waals surface area contributed by atoms with Gasteiger partial charge in [0.1, 0.15) is 6.29 Å². The molecular weight excluding hydrogens is 234 g/mol. The number of hydrogen-bond donors (Lipinski definition) is 1. The van der Waals surface area contributed by atoms with Gasteiger partial charge in [0.15, 0.2) is 0 Å². The monoisotopic (exact) mass is 241 g/mol. The Kier molecular flexibility index (Phi) is 3.64. The summed E-state index contributed by atoms with van der Waals surface area (Å²) in [6.45, 7) is 0. The van der Waals surface area contributed by atoms with E-state index in [1.165, 1.54) is 0 Å². The fraction of sp³-hybridized carbons (Fsp3) is 0.111. The van der Waals surface area contributed by atoms with E-state index in [0.29, 0.717) is 11.3 Å². The number of benzene rings is 1. The van der Waals surface area contributed by atoms with E-state index in [0.717, 1.165) is 6.29 Å². The standard InChI is InChI=1S/C9H8BrNO2/c10-5-9(13)11-8-3-1-2-7(4-8)6-12/h1-4,6H,5H2,(H,11,13). The van der Waals surface area contributed by atoms with Crippen molar-refractivity contribution in [1.82, 2.24) is 0 Å². The zero-order chi connectivity index (χ0) is 9.68. The lowest BCUT2D eigenvalue weighted by Crippen LogP contribution is -2.12. The summed E-state index contributed by atoms with van der Waals surface area (Å²) < 4.78 is 0. The van der Waals surface area contributed by atoms with E-state index >= 15 is 0 Å². The Balaban J connectivity index is 2.77. The molecule has 1 rings (SSSR count). The number of hydrogen-bond acceptors (Lipinski definition) is 2. The van der Waals surface area contributed by atoms with Crippen LogP contribution in [0.15, 0.2) is 24.3 Å². The van der Waals surface area contributed by atoms with Crippen molar-refractivity contribution in [3.8, 4) is 0 Å². The highest BCUT2D eigenvalue weighted by molar-refractivity contribution is 9.09. The number of anilines is 1. The third-order valence-electron chi connectivity index (χ3n) is 1.43. The third-order valence-corrected chi connectivity index (χ3v) is 1.94. The lowest BCUT2D eigenvalue weighted by Gasteiger charge is -2.02. The van der Waals surface area contributed by atoms with Gasteiger partial charge in [0.2, 0.25) is 5.91 Å². The van der Waals surface area contributed by atoms with Gasteiger partial charge in [0, 0.05) is 11.3 Å². The molecule has 0 fully saturated rings. The molecule has 1 amide bonds. The van der Waals surface area contributed by atoms with Crippen LogP contribution in [0.2, 0.25) is 0 Å². The van der Waals surface area contributed by atoms with Gasteiger partial charge in [-0.1, -0.05) is 28.1 Å². The normalized spacial score (nSPS) is 9.31. The van der Waals surface area contributed by atoms with Gasteiger partial charge in [-0.05, 0) is 12.1 Å². The highest BCUT2D eigenvalue weighted by atomic mass is 79.9. The molecule has 0 spiro atoms. The van der Waals surface area contributed by atoms with Gasteiger partial charge in [0.25, 0.3) is 0 Å². The minimum atomic E-state index is -0.136. The molecule has 1 N–H and O–H groups in total. The summed E-state index contributed by atoms with van der Waals surface area (Å²) in [6.07, 6.45) is 0.740. The summed E-state index contributed by atoms with van der Waals surface area (Å²) >= 11 is 3.03. The Labute approximate surface area is 84.3 Å². The van der Waals surface area contributed by atoms with Crippen LogP contribution in [0.5, 0.6) is 0 Å². The largest absolute Gasteiger partial charge is 0.325 e. The van der Waals surface area contributed by atoms with Crippen LogP contribution < -0.4 is 5.32 Å². The van der Waals surface area contributed by atoms with Crippen LogP contribution in [0.1, 0.15) is 10.4 Å². The molecule has 1 aromatic carbocycles. The van der Waals surface area contributed by atoms with Crippen molar-refractivity contribution < 1.29 is 9.59 Å². The molecule has 0 saturated heterocycles. The van der Waals surface area contributed by atoms with Crippen LogP contribution >= 0.6 is 15.9 Å². The minimum absolute atomic E-state index is 0.136. The molecule has 0 aliphatic carbocycles. The molecule has 0 aromatic heterocycles. The van der Waals surface area contributed by atoms with Crippen molar-refractivity contribution in [2.24, 2.45) is 0 Å². The van der Waals surface area contributed by atoms with E-state index in [1.807, 2.05) is 0 Å². The molecule has 3 nitrogen and oxygen atoms in total. The molecule has 0 radical (unpaired) electrons. The van der Waals surface area contributed by atoms with Gasteiger partial charge in [-0.3, -0.25) is 9.59 Å². The van der Waals surface area contributed by atoms with Crippen molar-refractivity contribution in [2.45, 2.75) is 0 Å². The van der Waals surface area contributed by atoms with Crippen molar-refractivity contribution >= 4 is 33.8 Å². The van der Waals surface area contributed by atoms with Gasteiger partial charge < -0.3 is 5.32 Å². The molecule has 0 aliphatic rings. The lowest BCUT2D eigenvalue weighted by molar-refractivity contribution is -0.113. The van der Waals surface area contributed by atoms with Gasteiger partial charge >= 0.3 is 0 Å². The fourth-order valence-electron chi connectivity index (χ4n) is 0.884. The first-order valence-corrected chi connectivity index (χ1v) is 4.79. The second-order valence-corrected chi connectivity index (χ2v) is 2.99. The number of carbonyl (C=O) groups is 2. The molecule has 13 heavy (non-hydrogen) atoms. The predicted octanol–water partition coefficient (Wildman–Crippen LogP) is 1.83. The van der Waals surface area contributed by atoms with Crippen molar-refractivity contribution in [3.63, 3.8) is 0 Å². The SMILES string of the molecule is O=Cc1cccc(NC(=O)CBr)c1. The Morgan fingerprint density at radius 3 is 2.92 bits per heavy atom. The average molecular weight is 242 g/mol. The average Bonchev–Trinajstić information content (AvgIpc) is 2.18. The van der Waals surface area contributed by atoms with E-state index in [-0.39, 0.29) is 11.2 Å². The van der Waals surface area contributed by atoms with Crippen LogP contribution in [-0.2, 0) is 4.79 Å². The van der Waals surface area contributed by atoms with Crippen molar-refractivity contribution in [3.05, 3.63) is 29.8 Å². The summed E-state index contributed by atoms with van der Waals surface area (Å²) in [5.41, 5.74) is 1.18. The fourth-order valence-corrected chi connectivity index (χ4v) is 1.02. The smallest absolute Gasteiger partial charge is 0.235 e. The van der Waals surface area contributed by atoms with E-state index in [9.17, 15) is 9.59 Å². The number of carbonyl (C=O) groups excluding carboxylic acids is 2. The second-order valence-electron chi connectivity index (χ2n) is 2.43. The maximum atomic E-state index is 10.9. The Hall–Kier alpha value is -1.16. The van der Waals surface area contributed by atoms with E-state index in [2.05, 4.69) is 21.2 Å². The molecule has 1 aromatic rings. The van der Waals surface area contributed by atoms with Crippen LogP contribution in [0.4, 0.5) is 5.69 Å². The first kappa shape index (κ1) is 9.92. The zero-order valence-electron chi connectivity index (χ0n) is 6.79. The van der Waals surface area contributed by atoms with Crippen LogP contribution in [0.3, 0.4) is 0 Å². The number of amides is 1. The molecule has 0 heterocycles. The first-order chi connectivity index (χ1) is 6.26. The highest BCUT2D eigenvalue weighted by Gasteiger charge is 1.99. The highest BCUT2D eigenvalue weighted by Crippen LogP contribution is 2.08. The molecule has 0 unspecified atom stereocenters. The molecule has 4 heteroatoms. The van der Waals surface area contributed by atoms with Crippen LogP contribution in [0, 0.1) is 0 Å². The molecule has 0 atom stereocenters. The summed E-state index contributed by atoms with van der Waals surface area (Å²) in [5, 5.41) is 2.87. The topological polar surface area (TPSA) is 46.2 Å². The van der Waals surface area contributed by atoms with Crippen molar-refractivity contribution in [1.29, 1.82) is 0 Å². The minimum Gasteiger partial charge on any atom is -0.325 e. The third kappa shape index (κ3) is 2.99. The second kappa shape index (κ2) is 4.77. The maximum absolute atomic E-state index is 10.9. The number of aldehydes is 1. The van der Waals surface area contributed by atoms with Crippen LogP contribution in [-0.4, -0.2) is 17.5 Å². The molecule has 0 bridgehead atoms. The Morgan fingerprint density at radius 2 is 2.31 bits per heavy atom. The van der Waals surface area contributed by atoms with Crippen LogP contribution in [0.25, 0.3) is 0 Å². The van der Waals surface area contributed by atoms with Crippen molar-refractivity contribution in [2.75, 3.05) is 10.6 Å². The quantitative estimate of drug-likeness (QED) is 0.649. The first-order valence-electron chi connectivity index (χ1n) is 3.67. The van der Waals surface area contributed by atoms with E-state index in [1.54, 1.807) is 24.3 Å². The zero-order valence-corrected chi connectivity index (χ0v) is 8.37. The molecule has 0 saturated carbocycles. The molecular formula is C9H8BrNO2. The van der Waals surface area contributed by atoms with E-state index < -0.39 is 0 Å². The number of alkyl halides is 1. The summed E-state index contributed by atoms with van der Waals surface area (Å²) in [6, 6.07) is 6.74. The number of nitrogens with one attached hydrogen (secondary N) is 1. The molecule has 68 valence electrons. The predicted molar refractivity (Wildman–Crippen MR) is 54.3 cm³/mol.